The molecule has 0 saturated carbocycles. The van der Waals surface area contributed by atoms with Gasteiger partial charge in [-0.25, -0.2) is 0 Å². The number of fused-ring (bicyclic) bond motifs is 1. The average molecular weight is 241 g/mol. The maximum atomic E-state index is 11.0. The van der Waals surface area contributed by atoms with Crippen LogP contribution in [0.1, 0.15) is 12.0 Å². The number of carbonyl (C=O) groups excluding carboxylic acids is 1. The molecule has 0 spiro atoms. The molecule has 0 saturated heterocycles. The Labute approximate surface area is 100 Å². The van der Waals surface area contributed by atoms with Gasteiger partial charge in [-0.05, 0) is 30.2 Å². The lowest BCUT2D eigenvalue weighted by atomic mass is 10.1. The van der Waals surface area contributed by atoms with Crippen LogP contribution in [0.2, 0.25) is 0 Å². The number of hydrogen-bond donors (Lipinski definition) is 0. The molecule has 1 aromatic rings. The van der Waals surface area contributed by atoms with E-state index in [1.807, 2.05) is 18.2 Å². The smallest absolute Gasteiger partial charge is 0.231 e. The Morgan fingerprint density at radius 2 is 2.12 bits per heavy atom. The van der Waals surface area contributed by atoms with E-state index in [1.54, 1.807) is 0 Å². The summed E-state index contributed by atoms with van der Waals surface area (Å²) in [6.07, 6.45) is 2.55. The van der Waals surface area contributed by atoms with Crippen LogP contribution in [0.4, 0.5) is 0 Å². The highest BCUT2D eigenvalue weighted by atomic mass is 35.5. The molecule has 4 heteroatoms. The van der Waals surface area contributed by atoms with Gasteiger partial charge >= 0.3 is 0 Å². The molecule has 0 atom stereocenters. The van der Waals surface area contributed by atoms with E-state index in [4.69, 9.17) is 9.47 Å². The van der Waals surface area contributed by atoms with E-state index in [0.29, 0.717) is 12.8 Å². The van der Waals surface area contributed by atoms with Crippen molar-refractivity contribution in [2.75, 3.05) is 6.79 Å². The summed E-state index contributed by atoms with van der Waals surface area (Å²) in [6.45, 7) is 3.72. The lowest BCUT2D eigenvalue weighted by molar-refractivity contribution is -0.114. The van der Waals surface area contributed by atoms with Crippen LogP contribution in [-0.4, -0.2) is 12.6 Å². The number of ketones is 1. The Morgan fingerprint density at radius 3 is 2.88 bits per heavy atom. The van der Waals surface area contributed by atoms with Crippen LogP contribution < -0.4 is 9.47 Å². The number of carbonyl (C=O) groups is 1. The molecule has 2 rings (SSSR count). The molecule has 86 valence electrons. The molecule has 0 N–H and O–H groups in total. The summed E-state index contributed by atoms with van der Waals surface area (Å²) in [5, 5.41) is 0. The van der Waals surface area contributed by atoms with Crippen molar-refractivity contribution < 1.29 is 14.3 Å². The fourth-order valence-corrected chi connectivity index (χ4v) is 1.47. The number of rotatable bonds is 4. The van der Waals surface area contributed by atoms with E-state index in [9.17, 15) is 4.79 Å². The van der Waals surface area contributed by atoms with E-state index in [-0.39, 0.29) is 25.0 Å². The Kier molecular flexibility index (Phi) is 4.38. The number of ether oxygens (including phenoxy) is 2. The predicted octanol–water partition coefficient (Wildman–Crippen LogP) is 2.52. The Hall–Kier alpha value is -1.48. The van der Waals surface area contributed by atoms with Gasteiger partial charge in [0.15, 0.2) is 17.3 Å². The number of benzene rings is 1. The number of allylic oxidation sites excluding steroid dienone is 1. The molecule has 1 aromatic carbocycles. The molecule has 1 aliphatic rings. The fraction of sp³-hybridized carbons (Fsp3) is 0.250. The summed E-state index contributed by atoms with van der Waals surface area (Å²) in [6, 6.07) is 5.73. The summed E-state index contributed by atoms with van der Waals surface area (Å²) in [5.74, 6) is 1.60. The van der Waals surface area contributed by atoms with Gasteiger partial charge in [0.2, 0.25) is 6.79 Å². The molecule has 0 fully saturated rings. The molecule has 16 heavy (non-hydrogen) atoms. The standard InChI is InChI=1S/C12H12O3.ClH/c1-2-10(13)5-3-9-4-6-11-12(7-9)15-8-14-11;/h2,4,6-7H,1,3,5,8H2;1H. The van der Waals surface area contributed by atoms with Crippen molar-refractivity contribution in [3.8, 4) is 11.5 Å². The second-order valence-electron chi connectivity index (χ2n) is 3.36. The molecule has 0 aromatic heterocycles. The minimum atomic E-state index is 0. The SMILES string of the molecule is C=CC(=O)CCc1ccc2c(c1)OCO2.Cl. The Morgan fingerprint density at radius 1 is 1.38 bits per heavy atom. The maximum absolute atomic E-state index is 11.0. The van der Waals surface area contributed by atoms with Gasteiger partial charge in [0, 0.05) is 6.42 Å². The Bertz CT molecular complexity index is 401. The van der Waals surface area contributed by atoms with Crippen molar-refractivity contribution in [2.24, 2.45) is 0 Å². The van der Waals surface area contributed by atoms with Crippen LogP contribution in [0.5, 0.6) is 11.5 Å². The van der Waals surface area contributed by atoms with E-state index in [2.05, 4.69) is 6.58 Å². The largest absolute Gasteiger partial charge is 0.454 e. The number of aryl methyl sites for hydroxylation is 1. The molecule has 0 amide bonds. The quantitative estimate of drug-likeness (QED) is 0.759. The number of hydrogen-bond acceptors (Lipinski definition) is 3. The van der Waals surface area contributed by atoms with E-state index >= 15 is 0 Å². The molecule has 0 aliphatic carbocycles. The van der Waals surface area contributed by atoms with Gasteiger partial charge in [-0.1, -0.05) is 12.6 Å². The number of halogens is 1. The Balaban J connectivity index is 0.00000128. The van der Waals surface area contributed by atoms with Crippen LogP contribution in [0.15, 0.2) is 30.9 Å². The van der Waals surface area contributed by atoms with Crippen LogP contribution in [-0.2, 0) is 11.2 Å². The van der Waals surface area contributed by atoms with E-state index in [1.165, 1.54) is 6.08 Å². The second-order valence-corrected chi connectivity index (χ2v) is 3.36. The van der Waals surface area contributed by atoms with Crippen molar-refractivity contribution in [2.45, 2.75) is 12.8 Å². The monoisotopic (exact) mass is 240 g/mol. The van der Waals surface area contributed by atoms with Crippen LogP contribution in [0.3, 0.4) is 0 Å². The first-order valence-corrected chi connectivity index (χ1v) is 4.83. The fourth-order valence-electron chi connectivity index (χ4n) is 1.47. The normalized spacial score (nSPS) is 11.8. The topological polar surface area (TPSA) is 35.5 Å². The maximum Gasteiger partial charge on any atom is 0.231 e. The summed E-state index contributed by atoms with van der Waals surface area (Å²) >= 11 is 0. The van der Waals surface area contributed by atoms with Crippen molar-refractivity contribution in [3.63, 3.8) is 0 Å². The van der Waals surface area contributed by atoms with Crippen molar-refractivity contribution in [3.05, 3.63) is 36.4 Å². The van der Waals surface area contributed by atoms with E-state index < -0.39 is 0 Å². The highest BCUT2D eigenvalue weighted by Gasteiger charge is 2.13. The lowest BCUT2D eigenvalue weighted by Crippen LogP contribution is -1.95. The van der Waals surface area contributed by atoms with Gasteiger partial charge in [0.05, 0.1) is 0 Å². The molecular formula is C12H13ClO3. The second kappa shape index (κ2) is 5.56. The van der Waals surface area contributed by atoms with Gasteiger partial charge in [-0.15, -0.1) is 12.4 Å². The summed E-state index contributed by atoms with van der Waals surface area (Å²) in [7, 11) is 0. The van der Waals surface area contributed by atoms with Gasteiger partial charge < -0.3 is 9.47 Å². The summed E-state index contributed by atoms with van der Waals surface area (Å²) in [4.78, 5) is 11.0. The minimum Gasteiger partial charge on any atom is -0.454 e. The van der Waals surface area contributed by atoms with Crippen LogP contribution >= 0.6 is 12.4 Å². The zero-order valence-corrected chi connectivity index (χ0v) is 9.59. The highest BCUT2D eigenvalue weighted by Crippen LogP contribution is 2.32. The molecule has 3 nitrogen and oxygen atoms in total. The first kappa shape index (κ1) is 12.6. The van der Waals surface area contributed by atoms with Gasteiger partial charge in [-0.3, -0.25) is 4.79 Å². The van der Waals surface area contributed by atoms with E-state index in [0.717, 1.165) is 17.1 Å². The molecule has 0 radical (unpaired) electrons. The van der Waals surface area contributed by atoms with Crippen molar-refractivity contribution >= 4 is 18.2 Å². The molecular weight excluding hydrogens is 228 g/mol. The predicted molar refractivity (Wildman–Crippen MR) is 63.3 cm³/mol. The van der Waals surface area contributed by atoms with Crippen molar-refractivity contribution in [1.29, 1.82) is 0 Å². The van der Waals surface area contributed by atoms with Crippen molar-refractivity contribution in [1.82, 2.24) is 0 Å². The average Bonchev–Trinajstić information content (AvgIpc) is 2.72. The highest BCUT2D eigenvalue weighted by molar-refractivity contribution is 5.89. The zero-order valence-electron chi connectivity index (χ0n) is 8.77. The first-order valence-electron chi connectivity index (χ1n) is 4.83. The lowest BCUT2D eigenvalue weighted by Gasteiger charge is -2.01. The van der Waals surface area contributed by atoms with Gasteiger partial charge in [0.1, 0.15) is 0 Å². The van der Waals surface area contributed by atoms with Crippen LogP contribution in [0, 0.1) is 0 Å². The summed E-state index contributed by atoms with van der Waals surface area (Å²) < 4.78 is 10.4. The molecule has 0 bridgehead atoms. The third kappa shape index (κ3) is 2.76. The van der Waals surface area contributed by atoms with Gasteiger partial charge in [-0.2, -0.15) is 0 Å². The summed E-state index contributed by atoms with van der Waals surface area (Å²) in [5.41, 5.74) is 1.08. The third-order valence-electron chi connectivity index (χ3n) is 2.32. The third-order valence-corrected chi connectivity index (χ3v) is 2.32. The minimum absolute atomic E-state index is 0. The molecule has 1 heterocycles. The molecule has 0 unspecified atom stereocenters. The molecule has 1 aliphatic heterocycles. The van der Waals surface area contributed by atoms with Crippen LogP contribution in [0.25, 0.3) is 0 Å². The first-order chi connectivity index (χ1) is 7.29. The van der Waals surface area contributed by atoms with Gasteiger partial charge in [0.25, 0.3) is 0 Å². The zero-order chi connectivity index (χ0) is 10.7.